The lowest BCUT2D eigenvalue weighted by Crippen LogP contribution is -2.60. The van der Waals surface area contributed by atoms with E-state index in [1.165, 1.54) is 0 Å². The van der Waals surface area contributed by atoms with Gasteiger partial charge in [0.2, 0.25) is 0 Å². The topological polar surface area (TPSA) is 55.8 Å². The van der Waals surface area contributed by atoms with Crippen LogP contribution in [0.4, 0.5) is 0 Å². The third-order valence-corrected chi connectivity index (χ3v) is 4.47. The first-order valence-corrected chi connectivity index (χ1v) is 7.10. The Morgan fingerprint density at radius 2 is 1.94 bits per heavy atom. The lowest BCUT2D eigenvalue weighted by molar-refractivity contribution is -0.153. The van der Waals surface area contributed by atoms with E-state index in [1.807, 2.05) is 0 Å². The molecule has 2 aliphatic heterocycles. The summed E-state index contributed by atoms with van der Waals surface area (Å²) in [7, 11) is 0. The van der Waals surface area contributed by atoms with Gasteiger partial charge < -0.3 is 15.3 Å². The third-order valence-electron chi connectivity index (χ3n) is 4.47. The van der Waals surface area contributed by atoms with Gasteiger partial charge in [-0.25, -0.2) is 0 Å². The predicted octanol–water partition coefficient (Wildman–Crippen LogP) is 0.221. The molecular weight excluding hydrogens is 230 g/mol. The summed E-state index contributed by atoms with van der Waals surface area (Å²) in [6.07, 6.45) is 2.54. The fraction of sp³-hybridized carbons (Fsp3) is 0.923. The Morgan fingerprint density at radius 3 is 2.56 bits per heavy atom. The number of nitrogens with zero attached hydrogens (tertiary/aromatic N) is 2. The maximum atomic E-state index is 11.8. The monoisotopic (exact) mass is 255 g/mol. The average Bonchev–Trinajstić information content (AvgIpc) is 2.63. The van der Waals surface area contributed by atoms with Crippen molar-refractivity contribution in [3.63, 3.8) is 0 Å². The van der Waals surface area contributed by atoms with E-state index in [1.54, 1.807) is 0 Å². The van der Waals surface area contributed by atoms with Crippen LogP contribution in [0.3, 0.4) is 0 Å². The molecular formula is C13H25N3O2. The van der Waals surface area contributed by atoms with Crippen LogP contribution in [0.25, 0.3) is 0 Å². The highest BCUT2D eigenvalue weighted by Crippen LogP contribution is 2.29. The van der Waals surface area contributed by atoms with Crippen molar-refractivity contribution < 1.29 is 9.90 Å². The van der Waals surface area contributed by atoms with Gasteiger partial charge in [-0.05, 0) is 32.4 Å². The van der Waals surface area contributed by atoms with Gasteiger partial charge in [-0.2, -0.15) is 0 Å². The van der Waals surface area contributed by atoms with Crippen LogP contribution in [0, 0.1) is 0 Å². The number of hydrogen-bond donors (Lipinski definition) is 2. The van der Waals surface area contributed by atoms with Gasteiger partial charge in [-0.15, -0.1) is 0 Å². The maximum absolute atomic E-state index is 11.8. The van der Waals surface area contributed by atoms with Crippen molar-refractivity contribution >= 4 is 5.97 Å². The second-order valence-electron chi connectivity index (χ2n) is 5.36. The Hall–Kier alpha value is -0.650. The summed E-state index contributed by atoms with van der Waals surface area (Å²) in [5, 5.41) is 13.0. The fourth-order valence-electron chi connectivity index (χ4n) is 3.25. The minimum Gasteiger partial charge on any atom is -0.480 e. The lowest BCUT2D eigenvalue weighted by Gasteiger charge is -2.42. The first-order chi connectivity index (χ1) is 8.69. The van der Waals surface area contributed by atoms with Gasteiger partial charge in [0.05, 0.1) is 0 Å². The van der Waals surface area contributed by atoms with E-state index in [0.29, 0.717) is 0 Å². The standard InChI is InChI=1S/C13H25N3O2/c1-2-15-8-3-4-13(5-9-15,12(17)18)16-10-6-14-7-11-16/h14H,2-11H2,1H3,(H,17,18). The highest BCUT2D eigenvalue weighted by Gasteiger charge is 2.45. The van der Waals surface area contributed by atoms with Crippen LogP contribution in [-0.4, -0.2) is 72.2 Å². The van der Waals surface area contributed by atoms with Crippen molar-refractivity contribution in [2.24, 2.45) is 0 Å². The van der Waals surface area contributed by atoms with Crippen LogP contribution in [0.2, 0.25) is 0 Å². The second kappa shape index (κ2) is 5.99. The van der Waals surface area contributed by atoms with Gasteiger partial charge in [0.15, 0.2) is 0 Å². The Labute approximate surface area is 109 Å². The molecule has 5 nitrogen and oxygen atoms in total. The quantitative estimate of drug-likeness (QED) is 0.755. The molecule has 0 radical (unpaired) electrons. The molecule has 0 amide bonds. The molecule has 0 saturated carbocycles. The van der Waals surface area contributed by atoms with Crippen LogP contribution in [0.15, 0.2) is 0 Å². The normalized spacial score (nSPS) is 32.1. The smallest absolute Gasteiger partial charge is 0.324 e. The SMILES string of the molecule is CCN1CCCC(C(=O)O)(N2CCNCC2)CC1. The molecule has 2 heterocycles. The Bertz CT molecular complexity index is 292. The van der Waals surface area contributed by atoms with Crippen molar-refractivity contribution in [2.75, 3.05) is 45.8 Å². The molecule has 2 saturated heterocycles. The molecule has 0 aromatic carbocycles. The fourth-order valence-corrected chi connectivity index (χ4v) is 3.25. The van der Waals surface area contributed by atoms with E-state index < -0.39 is 11.5 Å². The number of piperazine rings is 1. The van der Waals surface area contributed by atoms with E-state index >= 15 is 0 Å². The Morgan fingerprint density at radius 1 is 1.22 bits per heavy atom. The highest BCUT2D eigenvalue weighted by molar-refractivity contribution is 5.79. The van der Waals surface area contributed by atoms with Crippen molar-refractivity contribution in [3.8, 4) is 0 Å². The summed E-state index contributed by atoms with van der Waals surface area (Å²) >= 11 is 0. The van der Waals surface area contributed by atoms with Crippen molar-refractivity contribution in [1.29, 1.82) is 0 Å². The number of rotatable bonds is 3. The van der Waals surface area contributed by atoms with Gasteiger partial charge >= 0.3 is 5.97 Å². The molecule has 5 heteroatoms. The van der Waals surface area contributed by atoms with Gasteiger partial charge in [0.25, 0.3) is 0 Å². The molecule has 0 aromatic rings. The molecule has 2 fully saturated rings. The molecule has 18 heavy (non-hydrogen) atoms. The number of carboxylic acids is 1. The summed E-state index contributed by atoms with van der Waals surface area (Å²) in [5.74, 6) is -0.623. The van der Waals surface area contributed by atoms with Crippen LogP contribution in [0.5, 0.6) is 0 Å². The molecule has 2 N–H and O–H groups in total. The minimum atomic E-state index is -0.623. The van der Waals surface area contributed by atoms with Gasteiger partial charge in [0, 0.05) is 32.7 Å². The summed E-state index contributed by atoms with van der Waals surface area (Å²) in [6, 6.07) is 0. The number of nitrogens with one attached hydrogen (secondary N) is 1. The zero-order chi connectivity index (χ0) is 13.0. The van der Waals surface area contributed by atoms with Crippen molar-refractivity contribution in [3.05, 3.63) is 0 Å². The summed E-state index contributed by atoms with van der Waals surface area (Å²) in [6.45, 7) is 8.66. The molecule has 2 rings (SSSR count). The van der Waals surface area contributed by atoms with E-state index in [0.717, 1.165) is 65.1 Å². The van der Waals surface area contributed by atoms with Crippen molar-refractivity contribution in [1.82, 2.24) is 15.1 Å². The third kappa shape index (κ3) is 2.68. The van der Waals surface area contributed by atoms with E-state index in [9.17, 15) is 9.90 Å². The molecule has 0 aromatic heterocycles. The number of hydrogen-bond acceptors (Lipinski definition) is 4. The molecule has 2 aliphatic rings. The summed E-state index contributed by atoms with van der Waals surface area (Å²) < 4.78 is 0. The second-order valence-corrected chi connectivity index (χ2v) is 5.36. The van der Waals surface area contributed by atoms with Crippen molar-refractivity contribution in [2.45, 2.75) is 31.7 Å². The van der Waals surface area contributed by atoms with Gasteiger partial charge in [0.1, 0.15) is 5.54 Å². The van der Waals surface area contributed by atoms with Crippen LogP contribution in [-0.2, 0) is 4.79 Å². The van der Waals surface area contributed by atoms with E-state index in [2.05, 4.69) is 22.0 Å². The maximum Gasteiger partial charge on any atom is 0.324 e. The predicted molar refractivity (Wildman–Crippen MR) is 70.8 cm³/mol. The van der Waals surface area contributed by atoms with Gasteiger partial charge in [-0.3, -0.25) is 9.69 Å². The largest absolute Gasteiger partial charge is 0.480 e. The van der Waals surface area contributed by atoms with Crippen LogP contribution < -0.4 is 5.32 Å². The summed E-state index contributed by atoms with van der Waals surface area (Å²) in [4.78, 5) is 16.4. The first-order valence-electron chi connectivity index (χ1n) is 7.10. The molecule has 0 spiro atoms. The number of carboxylic acid groups (broad SMARTS) is 1. The Balaban J connectivity index is 2.12. The number of carbonyl (C=O) groups is 1. The van der Waals surface area contributed by atoms with Crippen LogP contribution >= 0.6 is 0 Å². The van der Waals surface area contributed by atoms with E-state index in [4.69, 9.17) is 0 Å². The van der Waals surface area contributed by atoms with E-state index in [-0.39, 0.29) is 0 Å². The van der Waals surface area contributed by atoms with Gasteiger partial charge in [-0.1, -0.05) is 6.92 Å². The molecule has 0 aliphatic carbocycles. The highest BCUT2D eigenvalue weighted by atomic mass is 16.4. The average molecular weight is 255 g/mol. The van der Waals surface area contributed by atoms with Crippen LogP contribution in [0.1, 0.15) is 26.2 Å². The molecule has 1 atom stereocenters. The summed E-state index contributed by atoms with van der Waals surface area (Å²) in [5.41, 5.74) is -0.619. The number of likely N-dealkylation sites (tertiary alicyclic amines) is 1. The zero-order valence-corrected chi connectivity index (χ0v) is 11.3. The zero-order valence-electron chi connectivity index (χ0n) is 11.3. The molecule has 104 valence electrons. The minimum absolute atomic E-state index is 0.619. The number of aliphatic carboxylic acids is 1. The molecule has 1 unspecified atom stereocenters. The Kier molecular flexibility index (Phi) is 4.59. The molecule has 0 bridgehead atoms. The lowest BCUT2D eigenvalue weighted by atomic mass is 9.88. The first kappa shape index (κ1) is 13.8.